The number of ketones is 1. The van der Waals surface area contributed by atoms with Crippen molar-refractivity contribution in [1.29, 1.82) is 0 Å². The number of furan rings is 1. The highest BCUT2D eigenvalue weighted by Crippen LogP contribution is 2.29. The van der Waals surface area contributed by atoms with Crippen LogP contribution in [0.25, 0.3) is 0 Å². The normalized spacial score (nSPS) is 15.2. The van der Waals surface area contributed by atoms with Gasteiger partial charge in [0.05, 0.1) is 11.6 Å². The van der Waals surface area contributed by atoms with E-state index in [-0.39, 0.29) is 23.5 Å². The van der Waals surface area contributed by atoms with Crippen molar-refractivity contribution < 1.29 is 14.0 Å². The molecule has 0 aliphatic heterocycles. The monoisotopic (exact) mass is 331 g/mol. The van der Waals surface area contributed by atoms with Crippen LogP contribution in [0.1, 0.15) is 63.6 Å². The number of rotatable bonds is 3. The molecule has 0 radical (unpaired) electrons. The number of halogens is 1. The van der Waals surface area contributed by atoms with Crippen LogP contribution in [0.4, 0.5) is 0 Å². The van der Waals surface area contributed by atoms with Gasteiger partial charge >= 0.3 is 0 Å². The number of fused-ring (bicyclic) bond motifs is 1. The Morgan fingerprint density at radius 2 is 2.13 bits per heavy atom. The van der Waals surface area contributed by atoms with E-state index in [0.717, 1.165) is 12.0 Å². The van der Waals surface area contributed by atoms with Crippen LogP contribution in [0.15, 0.2) is 28.7 Å². The summed E-state index contributed by atoms with van der Waals surface area (Å²) in [7, 11) is 0. The number of benzene rings is 1. The van der Waals surface area contributed by atoms with Gasteiger partial charge in [-0.1, -0.05) is 23.7 Å². The zero-order chi connectivity index (χ0) is 16.6. The molecule has 0 fully saturated rings. The Morgan fingerprint density at radius 3 is 2.83 bits per heavy atom. The Bertz CT molecular complexity index is 779. The number of Topliss-reactive ketones (excluding diaryl/α,β-unsaturated/α-hetero) is 1. The van der Waals surface area contributed by atoms with Crippen molar-refractivity contribution in [3.05, 3.63) is 57.5 Å². The average molecular weight is 332 g/mol. The van der Waals surface area contributed by atoms with Crippen molar-refractivity contribution in [2.24, 2.45) is 0 Å². The van der Waals surface area contributed by atoms with Gasteiger partial charge in [0.2, 0.25) is 0 Å². The minimum atomic E-state index is -0.308. The molecule has 1 aromatic carbocycles. The molecule has 1 N–H and O–H groups in total. The molecular weight excluding hydrogens is 314 g/mol. The summed E-state index contributed by atoms with van der Waals surface area (Å²) in [5, 5.41) is 3.53. The SMILES string of the molecule is Cc1c(C(=O)N[C@H](C)c2cccc(Cl)c2)oc2c1C(=O)CCC2. The molecule has 4 nitrogen and oxygen atoms in total. The van der Waals surface area contributed by atoms with E-state index >= 15 is 0 Å². The van der Waals surface area contributed by atoms with Crippen LogP contribution < -0.4 is 5.32 Å². The largest absolute Gasteiger partial charge is 0.455 e. The Balaban J connectivity index is 1.83. The van der Waals surface area contributed by atoms with E-state index < -0.39 is 0 Å². The van der Waals surface area contributed by atoms with Gasteiger partial charge in [-0.3, -0.25) is 9.59 Å². The smallest absolute Gasteiger partial charge is 0.287 e. The van der Waals surface area contributed by atoms with E-state index in [9.17, 15) is 9.59 Å². The van der Waals surface area contributed by atoms with E-state index in [0.29, 0.717) is 34.8 Å². The summed E-state index contributed by atoms with van der Waals surface area (Å²) < 4.78 is 5.67. The van der Waals surface area contributed by atoms with E-state index in [1.165, 1.54) is 0 Å². The van der Waals surface area contributed by atoms with Gasteiger partial charge in [0.15, 0.2) is 11.5 Å². The van der Waals surface area contributed by atoms with Crippen molar-refractivity contribution >= 4 is 23.3 Å². The zero-order valence-electron chi connectivity index (χ0n) is 13.1. The summed E-state index contributed by atoms with van der Waals surface area (Å²) in [6, 6.07) is 7.14. The topological polar surface area (TPSA) is 59.3 Å². The third-order valence-electron chi connectivity index (χ3n) is 4.21. The summed E-state index contributed by atoms with van der Waals surface area (Å²) in [4.78, 5) is 24.5. The number of carbonyl (C=O) groups excluding carboxylic acids is 2. The number of nitrogens with one attached hydrogen (secondary N) is 1. The molecule has 0 unspecified atom stereocenters. The molecule has 1 heterocycles. The molecule has 0 bridgehead atoms. The summed E-state index contributed by atoms with van der Waals surface area (Å²) in [6.07, 6.45) is 2.01. The van der Waals surface area contributed by atoms with Crippen molar-refractivity contribution in [2.45, 2.75) is 39.2 Å². The highest BCUT2D eigenvalue weighted by atomic mass is 35.5. The Kier molecular flexibility index (Phi) is 4.26. The van der Waals surface area contributed by atoms with Gasteiger partial charge in [-0.25, -0.2) is 0 Å². The standard InChI is InChI=1S/C18H18ClNO3/c1-10-16-14(21)7-4-8-15(16)23-17(10)18(22)20-11(2)12-5-3-6-13(19)9-12/h3,5-6,9,11H,4,7-8H2,1-2H3,(H,20,22)/t11-/m1/s1. The molecule has 0 spiro atoms. The van der Waals surface area contributed by atoms with Gasteiger partial charge in [0, 0.05) is 23.4 Å². The van der Waals surface area contributed by atoms with Crippen molar-refractivity contribution in [3.63, 3.8) is 0 Å². The average Bonchev–Trinajstić information content (AvgIpc) is 2.85. The highest BCUT2D eigenvalue weighted by Gasteiger charge is 2.29. The highest BCUT2D eigenvalue weighted by molar-refractivity contribution is 6.30. The molecule has 120 valence electrons. The van der Waals surface area contributed by atoms with Crippen LogP contribution in [-0.4, -0.2) is 11.7 Å². The predicted molar refractivity (Wildman–Crippen MR) is 88.0 cm³/mol. The molecule has 1 atom stereocenters. The minimum Gasteiger partial charge on any atom is -0.455 e. The van der Waals surface area contributed by atoms with Crippen molar-refractivity contribution in [3.8, 4) is 0 Å². The van der Waals surface area contributed by atoms with Gasteiger partial charge in [-0.15, -0.1) is 0 Å². The maximum Gasteiger partial charge on any atom is 0.287 e. The summed E-state index contributed by atoms with van der Waals surface area (Å²) in [5.74, 6) is 0.630. The number of carbonyl (C=O) groups is 2. The van der Waals surface area contributed by atoms with Gasteiger partial charge in [-0.2, -0.15) is 0 Å². The van der Waals surface area contributed by atoms with E-state index in [1.807, 2.05) is 25.1 Å². The van der Waals surface area contributed by atoms with Crippen molar-refractivity contribution in [2.75, 3.05) is 0 Å². The third kappa shape index (κ3) is 3.04. The first-order chi connectivity index (χ1) is 11.0. The Labute approximate surface area is 139 Å². The lowest BCUT2D eigenvalue weighted by Crippen LogP contribution is -2.26. The second-order valence-corrected chi connectivity index (χ2v) is 6.32. The number of amides is 1. The molecule has 3 rings (SSSR count). The summed E-state index contributed by atoms with van der Waals surface area (Å²) >= 11 is 5.98. The first kappa shape index (κ1) is 15.8. The maximum absolute atomic E-state index is 12.5. The Morgan fingerprint density at radius 1 is 1.35 bits per heavy atom. The third-order valence-corrected chi connectivity index (χ3v) is 4.44. The second-order valence-electron chi connectivity index (χ2n) is 5.88. The maximum atomic E-state index is 12.5. The Hall–Kier alpha value is -2.07. The molecule has 1 aromatic heterocycles. The van der Waals surface area contributed by atoms with Crippen LogP contribution >= 0.6 is 11.6 Å². The van der Waals surface area contributed by atoms with Crippen LogP contribution in [0.2, 0.25) is 5.02 Å². The van der Waals surface area contributed by atoms with Crippen LogP contribution in [0, 0.1) is 6.92 Å². The summed E-state index contributed by atoms with van der Waals surface area (Å²) in [6.45, 7) is 3.65. The molecule has 1 amide bonds. The van der Waals surface area contributed by atoms with E-state index in [4.69, 9.17) is 16.0 Å². The fourth-order valence-electron chi connectivity index (χ4n) is 2.99. The predicted octanol–water partition coefficient (Wildman–Crippen LogP) is 4.25. The first-order valence-corrected chi connectivity index (χ1v) is 8.07. The molecular formula is C18H18ClNO3. The van der Waals surface area contributed by atoms with Gasteiger partial charge in [0.1, 0.15) is 5.76 Å². The summed E-state index contributed by atoms with van der Waals surface area (Å²) in [5.41, 5.74) is 2.15. The molecule has 5 heteroatoms. The van der Waals surface area contributed by atoms with E-state index in [2.05, 4.69) is 5.32 Å². The first-order valence-electron chi connectivity index (χ1n) is 7.69. The van der Waals surface area contributed by atoms with Crippen LogP contribution in [0.5, 0.6) is 0 Å². The fourth-order valence-corrected chi connectivity index (χ4v) is 3.19. The molecule has 0 saturated carbocycles. The molecule has 23 heavy (non-hydrogen) atoms. The quantitative estimate of drug-likeness (QED) is 0.914. The number of hydrogen-bond acceptors (Lipinski definition) is 3. The molecule has 1 aliphatic rings. The van der Waals surface area contributed by atoms with Crippen LogP contribution in [0.3, 0.4) is 0 Å². The van der Waals surface area contributed by atoms with Crippen LogP contribution in [-0.2, 0) is 6.42 Å². The molecule has 1 aliphatic carbocycles. The number of aryl methyl sites for hydroxylation is 1. The lowest BCUT2D eigenvalue weighted by atomic mass is 9.94. The number of hydrogen-bond donors (Lipinski definition) is 1. The van der Waals surface area contributed by atoms with Gasteiger partial charge < -0.3 is 9.73 Å². The molecule has 0 saturated heterocycles. The molecule has 2 aromatic rings. The van der Waals surface area contributed by atoms with Gasteiger partial charge in [0.25, 0.3) is 5.91 Å². The van der Waals surface area contributed by atoms with Crippen molar-refractivity contribution in [1.82, 2.24) is 5.32 Å². The van der Waals surface area contributed by atoms with E-state index in [1.54, 1.807) is 13.0 Å². The zero-order valence-corrected chi connectivity index (χ0v) is 13.9. The lowest BCUT2D eigenvalue weighted by Gasteiger charge is -2.14. The fraction of sp³-hybridized carbons (Fsp3) is 0.333. The lowest BCUT2D eigenvalue weighted by molar-refractivity contribution is 0.0906. The second kappa shape index (κ2) is 6.20. The minimum absolute atomic E-state index is 0.0643. The van der Waals surface area contributed by atoms with Gasteiger partial charge in [-0.05, 0) is 38.0 Å².